The Balaban J connectivity index is 0.000000240. The van der Waals surface area contributed by atoms with E-state index in [9.17, 15) is 47.8 Å². The lowest BCUT2D eigenvalue weighted by Crippen LogP contribution is -2.45. The Labute approximate surface area is 376 Å². The number of aromatic nitrogens is 4. The first-order chi connectivity index (χ1) is 30.7. The van der Waals surface area contributed by atoms with Gasteiger partial charge >= 0.3 is 5.97 Å². The number of carbonyl (C=O) groups is 4. The molecule has 0 saturated heterocycles. The number of esters is 1. The molecule has 0 fully saturated rings. The number of benzene rings is 2. The van der Waals surface area contributed by atoms with Crippen LogP contribution in [0.3, 0.4) is 0 Å². The fourth-order valence-electron chi connectivity index (χ4n) is 7.44. The third-order valence-electron chi connectivity index (χ3n) is 10.5. The lowest BCUT2D eigenvalue weighted by molar-refractivity contribution is -0.129. The lowest BCUT2D eigenvalue weighted by atomic mass is 10.0. The summed E-state index contributed by atoms with van der Waals surface area (Å²) in [5.41, 5.74) is 0.351. The van der Waals surface area contributed by atoms with Gasteiger partial charge in [0, 0.05) is 57.0 Å². The first kappa shape index (κ1) is 49.1. The van der Waals surface area contributed by atoms with Crippen LogP contribution in [0.5, 0.6) is 23.0 Å². The first-order valence-electron chi connectivity index (χ1n) is 20.0. The fraction of sp³-hybridized carbons (Fsp3) is 0.304. The van der Waals surface area contributed by atoms with Crippen LogP contribution in [-0.4, -0.2) is 92.5 Å². The normalized spacial score (nSPS) is 14.2. The SMILES string of the molecule is C.C.CCNC(=O)c1c(O)c2ncc(Cc3ccc(F)cc3)c3c2n(c1=O)C[C@@H](C(=O)NC)O3.CCOC(=O)c1c(O)c2ncc(Cc3ccc(F)cc3)c3c2n(c1=O)C[C@@H](C(=O)NC)O3. The largest absolute Gasteiger partial charge is 0.505 e. The Morgan fingerprint density at radius 3 is 1.52 bits per heavy atom. The van der Waals surface area contributed by atoms with Crippen molar-refractivity contribution in [3.8, 4) is 23.0 Å². The minimum atomic E-state index is -1.05. The summed E-state index contributed by atoms with van der Waals surface area (Å²) in [5.74, 6) is -4.17. The second-order valence-electron chi connectivity index (χ2n) is 14.5. The molecule has 0 aliphatic carbocycles. The molecule has 0 saturated carbocycles. The van der Waals surface area contributed by atoms with Gasteiger partial charge in [0.1, 0.15) is 39.3 Å². The van der Waals surface area contributed by atoms with Crippen LogP contribution in [0.2, 0.25) is 0 Å². The Bertz CT molecular complexity index is 2770. The van der Waals surface area contributed by atoms with Gasteiger partial charge in [0.2, 0.25) is 0 Å². The molecule has 5 N–H and O–H groups in total. The summed E-state index contributed by atoms with van der Waals surface area (Å²) < 4.78 is 45.8. The summed E-state index contributed by atoms with van der Waals surface area (Å²) in [6, 6.07) is 11.7. The molecule has 2 aliphatic rings. The summed E-state index contributed by atoms with van der Waals surface area (Å²) >= 11 is 0. The van der Waals surface area contributed by atoms with Crippen LogP contribution in [0.4, 0.5) is 8.78 Å². The van der Waals surface area contributed by atoms with E-state index in [2.05, 4.69) is 25.9 Å². The number of rotatable bonds is 10. The molecular formula is C46H49F2N7O11. The molecule has 6 aromatic rings. The number of likely N-dealkylation sites (N-methyl/N-ethyl adjacent to an activating group) is 2. The van der Waals surface area contributed by atoms with Gasteiger partial charge in [0.05, 0.1) is 19.7 Å². The van der Waals surface area contributed by atoms with Crippen molar-refractivity contribution in [1.29, 1.82) is 0 Å². The van der Waals surface area contributed by atoms with Gasteiger partial charge in [0.25, 0.3) is 28.8 Å². The van der Waals surface area contributed by atoms with Gasteiger partial charge in [-0.1, -0.05) is 39.1 Å². The number of hydrogen-bond acceptors (Lipinski definition) is 13. The van der Waals surface area contributed by atoms with Crippen LogP contribution >= 0.6 is 0 Å². The topological polar surface area (TPSA) is 242 Å². The van der Waals surface area contributed by atoms with Crippen LogP contribution < -0.4 is 36.5 Å². The van der Waals surface area contributed by atoms with E-state index in [-0.39, 0.29) is 99.1 Å². The van der Waals surface area contributed by atoms with Gasteiger partial charge < -0.3 is 40.4 Å². The molecule has 2 aromatic carbocycles. The van der Waals surface area contributed by atoms with Crippen molar-refractivity contribution in [3.05, 3.63) is 127 Å². The molecule has 2 atom stereocenters. The maximum atomic E-state index is 13.3. The molecular weight excluding hydrogens is 865 g/mol. The molecule has 20 heteroatoms. The highest BCUT2D eigenvalue weighted by Gasteiger charge is 2.36. The maximum absolute atomic E-state index is 13.3. The highest BCUT2D eigenvalue weighted by atomic mass is 19.1. The van der Waals surface area contributed by atoms with Crippen LogP contribution in [0.1, 0.15) is 71.7 Å². The zero-order valence-electron chi connectivity index (χ0n) is 34.8. The van der Waals surface area contributed by atoms with Crippen molar-refractivity contribution in [2.24, 2.45) is 0 Å². The molecule has 4 aromatic heterocycles. The zero-order valence-corrected chi connectivity index (χ0v) is 34.8. The second-order valence-corrected chi connectivity index (χ2v) is 14.5. The van der Waals surface area contributed by atoms with Gasteiger partial charge in [-0.05, 0) is 49.2 Å². The summed E-state index contributed by atoms with van der Waals surface area (Å²) in [4.78, 5) is 84.4. The van der Waals surface area contributed by atoms with Crippen LogP contribution in [0, 0.1) is 11.6 Å². The van der Waals surface area contributed by atoms with Crippen LogP contribution in [0.25, 0.3) is 22.1 Å². The van der Waals surface area contributed by atoms with Crippen molar-refractivity contribution in [3.63, 3.8) is 0 Å². The van der Waals surface area contributed by atoms with E-state index in [0.29, 0.717) is 11.1 Å². The molecule has 3 amide bonds. The Morgan fingerprint density at radius 1 is 0.712 bits per heavy atom. The molecule has 18 nitrogen and oxygen atoms in total. The quantitative estimate of drug-likeness (QED) is 0.123. The Hall–Kier alpha value is -7.90. The molecule has 348 valence electrons. The number of pyridine rings is 4. The van der Waals surface area contributed by atoms with E-state index < -0.39 is 69.6 Å². The number of carbonyl (C=O) groups excluding carboxylic acids is 4. The van der Waals surface area contributed by atoms with Gasteiger partial charge in [-0.25, -0.2) is 13.6 Å². The highest BCUT2D eigenvalue weighted by molar-refractivity contribution is 6.03. The van der Waals surface area contributed by atoms with Gasteiger partial charge in [-0.2, -0.15) is 0 Å². The van der Waals surface area contributed by atoms with Gasteiger partial charge in [0.15, 0.2) is 40.8 Å². The lowest BCUT2D eigenvalue weighted by Gasteiger charge is -2.28. The summed E-state index contributed by atoms with van der Waals surface area (Å²) in [7, 11) is 2.88. The van der Waals surface area contributed by atoms with E-state index in [1.165, 1.54) is 59.9 Å². The number of aromatic hydroxyl groups is 2. The number of ether oxygens (including phenoxy) is 3. The predicted molar refractivity (Wildman–Crippen MR) is 238 cm³/mol. The Morgan fingerprint density at radius 2 is 1.12 bits per heavy atom. The highest BCUT2D eigenvalue weighted by Crippen LogP contribution is 2.39. The van der Waals surface area contributed by atoms with Crippen molar-refractivity contribution < 1.29 is 52.4 Å². The van der Waals surface area contributed by atoms with Crippen molar-refractivity contribution in [2.75, 3.05) is 27.2 Å². The maximum Gasteiger partial charge on any atom is 0.347 e. The molecule has 0 bridgehead atoms. The van der Waals surface area contributed by atoms with Crippen molar-refractivity contribution in [2.45, 2.75) is 66.8 Å². The molecule has 8 rings (SSSR count). The molecule has 6 heterocycles. The third kappa shape index (κ3) is 9.19. The summed E-state index contributed by atoms with van der Waals surface area (Å²) in [5, 5.41) is 28.9. The monoisotopic (exact) mass is 913 g/mol. The molecule has 0 radical (unpaired) electrons. The molecule has 0 unspecified atom stereocenters. The van der Waals surface area contributed by atoms with Crippen molar-refractivity contribution in [1.82, 2.24) is 35.1 Å². The second kappa shape index (κ2) is 20.3. The zero-order chi connectivity index (χ0) is 46.0. The van der Waals surface area contributed by atoms with Crippen molar-refractivity contribution >= 4 is 45.8 Å². The van der Waals surface area contributed by atoms with E-state index >= 15 is 0 Å². The standard InChI is InChI=1S/C22H21FN4O5.C22H20FN3O6.2CH4/c1-3-25-21(30)15-18(28)16-17-19(32-14(20(29)24-2)10-27(17)22(15)31)12(9-26-16)8-11-4-6-13(23)7-5-11;1-3-31-22(30)15-18(27)16-17-19(32-14(20(28)24-2)10-26(17)21(15)29)12(9-25-16)8-11-4-6-13(23)7-5-11;;/h4-7,9,14,28H,3,8,10H2,1-2H3,(H,24,29)(H,25,30);4-7,9,14,27H,3,8,10H2,1-2H3,(H,24,28);2*1H4/t2*14-;;/m00../s1. The van der Waals surface area contributed by atoms with E-state index in [0.717, 1.165) is 11.1 Å². The average Bonchev–Trinajstić information content (AvgIpc) is 3.29. The van der Waals surface area contributed by atoms with E-state index in [4.69, 9.17) is 14.2 Å². The minimum absolute atomic E-state index is 0. The van der Waals surface area contributed by atoms with E-state index in [1.807, 2.05) is 0 Å². The Kier molecular flexibility index (Phi) is 15.1. The summed E-state index contributed by atoms with van der Waals surface area (Å²) in [6.45, 7) is 3.19. The predicted octanol–water partition coefficient (Wildman–Crippen LogP) is 3.88. The van der Waals surface area contributed by atoms with Gasteiger partial charge in [-0.15, -0.1) is 0 Å². The van der Waals surface area contributed by atoms with E-state index in [1.54, 1.807) is 38.1 Å². The number of halogens is 2. The number of nitrogens with one attached hydrogen (secondary N) is 3. The first-order valence-corrected chi connectivity index (χ1v) is 20.0. The smallest absolute Gasteiger partial charge is 0.347 e. The van der Waals surface area contributed by atoms with Gasteiger partial charge in [-0.3, -0.25) is 43.1 Å². The third-order valence-corrected chi connectivity index (χ3v) is 10.5. The number of nitrogens with zero attached hydrogens (tertiary/aromatic N) is 4. The minimum Gasteiger partial charge on any atom is -0.505 e. The average molecular weight is 914 g/mol. The number of hydrogen-bond donors (Lipinski definition) is 5. The van der Waals surface area contributed by atoms with Crippen LogP contribution in [-0.2, 0) is 40.3 Å². The fourth-order valence-corrected chi connectivity index (χ4v) is 7.44. The summed E-state index contributed by atoms with van der Waals surface area (Å²) in [6.07, 6.45) is 1.34. The molecule has 66 heavy (non-hydrogen) atoms. The van der Waals surface area contributed by atoms with Crippen LogP contribution in [0.15, 0.2) is 70.5 Å². The molecule has 2 aliphatic heterocycles. The number of amides is 3. The molecule has 0 spiro atoms.